The monoisotopic (exact) mass is 441 g/mol. The van der Waals surface area contributed by atoms with Crippen LogP contribution in [-0.4, -0.2) is 50.8 Å². The molecule has 1 aliphatic rings. The second-order valence-corrected chi connectivity index (χ2v) is 8.53. The van der Waals surface area contributed by atoms with Crippen LogP contribution in [0.25, 0.3) is 16.9 Å². The Morgan fingerprint density at radius 2 is 1.76 bits per heavy atom. The topological polar surface area (TPSA) is 72.6 Å². The van der Waals surface area contributed by atoms with Crippen LogP contribution < -0.4 is 4.74 Å². The number of hydrogen-bond acceptors (Lipinski definition) is 5. The molecule has 0 saturated carbocycles. The highest BCUT2D eigenvalue weighted by molar-refractivity contribution is 5.79. The van der Waals surface area contributed by atoms with Gasteiger partial charge in [0.15, 0.2) is 11.5 Å². The molecule has 0 N–H and O–H groups in total. The minimum Gasteiger partial charge on any atom is -0.497 e. The number of likely N-dealkylation sites (tertiary alicyclic amines) is 1. The molecule has 0 aliphatic carbocycles. The van der Waals surface area contributed by atoms with Crippen molar-refractivity contribution in [1.82, 2.24) is 24.7 Å². The normalized spacial score (nSPS) is 14.5. The van der Waals surface area contributed by atoms with Gasteiger partial charge in [-0.15, -0.1) is 10.2 Å². The Labute approximate surface area is 193 Å². The lowest BCUT2D eigenvalue weighted by Crippen LogP contribution is -2.39. The van der Waals surface area contributed by atoms with Crippen LogP contribution in [0.1, 0.15) is 35.7 Å². The highest BCUT2D eigenvalue weighted by atomic mass is 16.5. The molecule has 0 bridgehead atoms. The summed E-state index contributed by atoms with van der Waals surface area (Å²) in [5.74, 6) is 2.09. The maximum absolute atomic E-state index is 12.8. The third-order valence-corrected chi connectivity index (χ3v) is 6.49. The maximum atomic E-state index is 12.8. The molecule has 168 valence electrons. The number of fused-ring (bicyclic) bond motifs is 1. The van der Waals surface area contributed by atoms with Gasteiger partial charge < -0.3 is 9.64 Å². The fraction of sp³-hybridized carbons (Fsp3) is 0.308. The molecule has 2 aromatic heterocycles. The van der Waals surface area contributed by atoms with Gasteiger partial charge in [-0.2, -0.15) is 9.61 Å². The second kappa shape index (κ2) is 9.02. The molecule has 1 saturated heterocycles. The van der Waals surface area contributed by atoms with Crippen LogP contribution in [0.15, 0.2) is 60.7 Å². The molecule has 4 aromatic rings. The van der Waals surface area contributed by atoms with E-state index in [-0.39, 0.29) is 11.8 Å². The molecule has 1 aliphatic heterocycles. The number of amides is 1. The summed E-state index contributed by atoms with van der Waals surface area (Å²) in [5.41, 5.74) is 4.86. The zero-order valence-electron chi connectivity index (χ0n) is 18.9. The number of methoxy groups -OCH3 is 1. The molecule has 0 radical (unpaired) electrons. The van der Waals surface area contributed by atoms with Crippen LogP contribution in [0.3, 0.4) is 0 Å². The quantitative estimate of drug-likeness (QED) is 0.467. The molecule has 1 amide bonds. The Bertz CT molecular complexity index is 1270. The van der Waals surface area contributed by atoms with E-state index >= 15 is 0 Å². The molecule has 0 spiro atoms. The van der Waals surface area contributed by atoms with Crippen molar-refractivity contribution in [2.24, 2.45) is 0 Å². The Balaban J connectivity index is 1.30. The van der Waals surface area contributed by atoms with E-state index in [4.69, 9.17) is 9.84 Å². The van der Waals surface area contributed by atoms with Gasteiger partial charge in [-0.05, 0) is 67.3 Å². The van der Waals surface area contributed by atoms with Gasteiger partial charge in [-0.3, -0.25) is 4.79 Å². The SMILES string of the molecule is COc1ccc(-c2ccc3nnc(C4CCN(C(=O)Cc5ccccc5C)CC4)n3n2)cc1. The van der Waals surface area contributed by atoms with Crippen LogP contribution in [0.2, 0.25) is 0 Å². The number of benzene rings is 2. The summed E-state index contributed by atoms with van der Waals surface area (Å²) in [4.78, 5) is 14.8. The molecule has 0 unspecified atom stereocenters. The number of piperidine rings is 1. The van der Waals surface area contributed by atoms with Crippen molar-refractivity contribution >= 4 is 11.6 Å². The van der Waals surface area contributed by atoms with E-state index in [1.165, 1.54) is 0 Å². The third-order valence-electron chi connectivity index (χ3n) is 6.49. The summed E-state index contributed by atoms with van der Waals surface area (Å²) in [7, 11) is 1.66. The molecule has 3 heterocycles. The van der Waals surface area contributed by atoms with E-state index in [9.17, 15) is 4.79 Å². The highest BCUT2D eigenvalue weighted by Gasteiger charge is 2.27. The molecule has 5 rings (SSSR count). The summed E-state index contributed by atoms with van der Waals surface area (Å²) in [5, 5.41) is 13.6. The lowest BCUT2D eigenvalue weighted by Gasteiger charge is -2.31. The minimum absolute atomic E-state index is 0.189. The average molecular weight is 442 g/mol. The first kappa shape index (κ1) is 21.1. The van der Waals surface area contributed by atoms with Crippen LogP contribution in [0.4, 0.5) is 0 Å². The Morgan fingerprint density at radius 3 is 2.48 bits per heavy atom. The van der Waals surface area contributed by atoms with Gasteiger partial charge in [0.1, 0.15) is 5.75 Å². The second-order valence-electron chi connectivity index (χ2n) is 8.53. The average Bonchev–Trinajstić information content (AvgIpc) is 3.29. The molecule has 2 aromatic carbocycles. The summed E-state index contributed by atoms with van der Waals surface area (Å²) in [6, 6.07) is 19.8. The first-order valence-corrected chi connectivity index (χ1v) is 11.3. The number of carbonyl (C=O) groups excluding carboxylic acids is 1. The maximum Gasteiger partial charge on any atom is 0.226 e. The van der Waals surface area contributed by atoms with E-state index in [0.29, 0.717) is 6.42 Å². The Morgan fingerprint density at radius 1 is 1.00 bits per heavy atom. The predicted molar refractivity (Wildman–Crippen MR) is 126 cm³/mol. The number of ether oxygens (including phenoxy) is 1. The molecule has 0 atom stereocenters. The van der Waals surface area contributed by atoms with Gasteiger partial charge in [-0.25, -0.2) is 0 Å². The summed E-state index contributed by atoms with van der Waals surface area (Å²) in [6.07, 6.45) is 2.17. The molecule has 1 fully saturated rings. The zero-order valence-corrected chi connectivity index (χ0v) is 18.9. The van der Waals surface area contributed by atoms with Crippen LogP contribution in [0, 0.1) is 6.92 Å². The lowest BCUT2D eigenvalue weighted by atomic mass is 9.95. The zero-order chi connectivity index (χ0) is 22.8. The van der Waals surface area contributed by atoms with E-state index in [1.807, 2.05) is 64.0 Å². The first-order chi connectivity index (χ1) is 16.1. The van der Waals surface area contributed by atoms with E-state index < -0.39 is 0 Å². The number of rotatable bonds is 5. The summed E-state index contributed by atoms with van der Waals surface area (Å²) < 4.78 is 7.11. The smallest absolute Gasteiger partial charge is 0.226 e. The molecular weight excluding hydrogens is 414 g/mol. The molecule has 7 heteroatoms. The fourth-order valence-electron chi connectivity index (χ4n) is 4.45. The third kappa shape index (κ3) is 4.31. The van der Waals surface area contributed by atoms with E-state index in [0.717, 1.165) is 65.5 Å². The standard InChI is InChI=1S/C26H27N5O2/c1-18-5-3-4-6-21(18)17-25(32)30-15-13-20(14-16-30)26-28-27-24-12-11-23(29-31(24)26)19-7-9-22(33-2)10-8-19/h3-12,20H,13-17H2,1-2H3. The number of hydrogen-bond donors (Lipinski definition) is 0. The van der Waals surface area contributed by atoms with Crippen LogP contribution in [0.5, 0.6) is 5.75 Å². The van der Waals surface area contributed by atoms with Gasteiger partial charge in [0.25, 0.3) is 0 Å². The van der Waals surface area contributed by atoms with E-state index in [1.54, 1.807) is 7.11 Å². The lowest BCUT2D eigenvalue weighted by molar-refractivity contribution is -0.131. The van der Waals surface area contributed by atoms with Gasteiger partial charge >= 0.3 is 0 Å². The van der Waals surface area contributed by atoms with Gasteiger partial charge in [0.2, 0.25) is 5.91 Å². The van der Waals surface area contributed by atoms with Crippen molar-refractivity contribution in [3.8, 4) is 17.0 Å². The number of carbonyl (C=O) groups is 1. The largest absolute Gasteiger partial charge is 0.497 e. The van der Waals surface area contributed by atoms with Gasteiger partial charge in [-0.1, -0.05) is 24.3 Å². The highest BCUT2D eigenvalue weighted by Crippen LogP contribution is 2.28. The molecule has 33 heavy (non-hydrogen) atoms. The number of nitrogens with zero attached hydrogens (tertiary/aromatic N) is 5. The van der Waals surface area contributed by atoms with Crippen molar-refractivity contribution in [3.63, 3.8) is 0 Å². The molecule has 7 nitrogen and oxygen atoms in total. The Hall–Kier alpha value is -3.74. The minimum atomic E-state index is 0.189. The Kier molecular flexibility index (Phi) is 5.77. The fourth-order valence-corrected chi connectivity index (χ4v) is 4.45. The predicted octanol–water partition coefficient (Wildman–Crippen LogP) is 4.06. The van der Waals surface area contributed by atoms with Crippen molar-refractivity contribution < 1.29 is 9.53 Å². The number of aromatic nitrogens is 4. The van der Waals surface area contributed by atoms with Gasteiger partial charge in [0, 0.05) is 24.6 Å². The summed E-state index contributed by atoms with van der Waals surface area (Å²) in [6.45, 7) is 3.50. The van der Waals surface area contributed by atoms with Crippen molar-refractivity contribution in [2.75, 3.05) is 20.2 Å². The van der Waals surface area contributed by atoms with Crippen molar-refractivity contribution in [2.45, 2.75) is 32.1 Å². The summed E-state index contributed by atoms with van der Waals surface area (Å²) >= 11 is 0. The van der Waals surface area contributed by atoms with Crippen molar-refractivity contribution in [1.29, 1.82) is 0 Å². The number of aryl methyl sites for hydroxylation is 1. The van der Waals surface area contributed by atoms with E-state index in [2.05, 4.69) is 23.2 Å². The van der Waals surface area contributed by atoms with Gasteiger partial charge in [0.05, 0.1) is 19.2 Å². The van der Waals surface area contributed by atoms with Crippen molar-refractivity contribution in [3.05, 3.63) is 77.6 Å². The van der Waals surface area contributed by atoms with Crippen LogP contribution in [-0.2, 0) is 11.2 Å². The first-order valence-electron chi connectivity index (χ1n) is 11.3. The van der Waals surface area contributed by atoms with Crippen LogP contribution >= 0.6 is 0 Å². The molecular formula is C26H27N5O2.